The van der Waals surface area contributed by atoms with Crippen LogP contribution in [0.25, 0.3) is 33.8 Å². The molecule has 7 heteroatoms. The Labute approximate surface area is 148 Å². The average molecular weight is 342 g/mol. The first kappa shape index (κ1) is 15.6. The molecule has 0 atom stereocenters. The number of nitrogens with two attached hydrogens (primary N) is 2. The van der Waals surface area contributed by atoms with Crippen molar-refractivity contribution < 1.29 is 4.79 Å². The summed E-state index contributed by atoms with van der Waals surface area (Å²) in [4.78, 5) is 29.5. The van der Waals surface area contributed by atoms with Crippen LogP contribution in [0.4, 0.5) is 5.82 Å². The van der Waals surface area contributed by atoms with E-state index in [1.54, 1.807) is 0 Å². The van der Waals surface area contributed by atoms with E-state index in [-0.39, 0.29) is 17.0 Å². The number of hydrogen-bond donors (Lipinski definition) is 2. The molecule has 0 unspecified atom stereocenters. The number of nitrogens with zero attached hydrogens (tertiary/aromatic N) is 4. The third-order valence-electron chi connectivity index (χ3n) is 3.87. The molecule has 0 aliphatic rings. The summed E-state index contributed by atoms with van der Waals surface area (Å²) in [5, 5.41) is 0. The van der Waals surface area contributed by atoms with E-state index in [0.717, 1.165) is 5.56 Å². The number of carbonyl (C=O) groups excluding carboxylic acids is 1. The van der Waals surface area contributed by atoms with Gasteiger partial charge in [0.2, 0.25) is 0 Å². The summed E-state index contributed by atoms with van der Waals surface area (Å²) in [5.74, 6) is -0.107. The van der Waals surface area contributed by atoms with Gasteiger partial charge in [0.15, 0.2) is 28.5 Å². The van der Waals surface area contributed by atoms with Crippen LogP contribution in [0.1, 0.15) is 10.5 Å². The summed E-state index contributed by atoms with van der Waals surface area (Å²) in [7, 11) is 0. The highest BCUT2D eigenvalue weighted by molar-refractivity contribution is 5.99. The second-order valence-corrected chi connectivity index (χ2v) is 5.62. The van der Waals surface area contributed by atoms with Crippen LogP contribution in [0.15, 0.2) is 60.7 Å². The third kappa shape index (κ3) is 2.71. The number of fused-ring (bicyclic) bond motifs is 1. The quantitative estimate of drug-likeness (QED) is 0.590. The van der Waals surface area contributed by atoms with Crippen LogP contribution in [0.3, 0.4) is 0 Å². The highest BCUT2D eigenvalue weighted by Gasteiger charge is 2.18. The van der Waals surface area contributed by atoms with Crippen LogP contribution in [0.5, 0.6) is 0 Å². The van der Waals surface area contributed by atoms with Crippen molar-refractivity contribution in [1.29, 1.82) is 0 Å². The predicted molar refractivity (Wildman–Crippen MR) is 98.9 cm³/mol. The van der Waals surface area contributed by atoms with Crippen LogP contribution in [0.2, 0.25) is 0 Å². The van der Waals surface area contributed by atoms with Crippen molar-refractivity contribution in [2.24, 2.45) is 5.73 Å². The lowest BCUT2D eigenvalue weighted by Gasteiger charge is -2.09. The Kier molecular flexibility index (Phi) is 3.74. The van der Waals surface area contributed by atoms with E-state index >= 15 is 0 Å². The normalized spacial score (nSPS) is 10.8. The minimum atomic E-state index is -0.690. The standard InChI is InChI=1S/C19H14N6O/c20-16-15-19(25-18(24-16)12-9-5-2-6-10-12)23-13(14(22-15)17(21)26)11-7-3-1-4-8-11/h1-10H,(H2,21,26)(H2,20,23,24,25). The van der Waals surface area contributed by atoms with Crippen LogP contribution in [-0.2, 0) is 0 Å². The van der Waals surface area contributed by atoms with Gasteiger partial charge in [0.25, 0.3) is 5.91 Å². The minimum absolute atomic E-state index is 0.0338. The van der Waals surface area contributed by atoms with Crippen LogP contribution >= 0.6 is 0 Å². The van der Waals surface area contributed by atoms with Gasteiger partial charge in [-0.2, -0.15) is 0 Å². The number of anilines is 1. The molecule has 0 aliphatic heterocycles. The van der Waals surface area contributed by atoms with Gasteiger partial charge in [-0.15, -0.1) is 0 Å². The van der Waals surface area contributed by atoms with E-state index in [2.05, 4.69) is 19.9 Å². The van der Waals surface area contributed by atoms with Gasteiger partial charge in [-0.05, 0) is 0 Å². The number of nitrogen functional groups attached to an aromatic ring is 1. The van der Waals surface area contributed by atoms with Gasteiger partial charge >= 0.3 is 0 Å². The number of hydrogen-bond acceptors (Lipinski definition) is 6. The van der Waals surface area contributed by atoms with Gasteiger partial charge in [0, 0.05) is 11.1 Å². The summed E-state index contributed by atoms with van der Waals surface area (Å²) in [6.45, 7) is 0. The molecule has 2 aromatic heterocycles. The van der Waals surface area contributed by atoms with Gasteiger partial charge in [0.05, 0.1) is 0 Å². The fraction of sp³-hybridized carbons (Fsp3) is 0. The maximum Gasteiger partial charge on any atom is 0.269 e. The molecule has 0 radical (unpaired) electrons. The molecule has 0 fully saturated rings. The summed E-state index contributed by atoms with van der Waals surface area (Å²) < 4.78 is 0. The number of benzene rings is 2. The van der Waals surface area contributed by atoms with E-state index in [1.807, 2.05) is 60.7 Å². The molecule has 2 heterocycles. The Morgan fingerprint density at radius 3 is 2.00 bits per heavy atom. The lowest BCUT2D eigenvalue weighted by molar-refractivity contribution is 0.0996. The Bertz CT molecular complexity index is 1110. The van der Waals surface area contributed by atoms with E-state index in [0.29, 0.717) is 22.7 Å². The van der Waals surface area contributed by atoms with E-state index < -0.39 is 5.91 Å². The molecular formula is C19H14N6O. The molecule has 0 saturated heterocycles. The minimum Gasteiger partial charge on any atom is -0.382 e. The monoisotopic (exact) mass is 342 g/mol. The smallest absolute Gasteiger partial charge is 0.269 e. The zero-order valence-corrected chi connectivity index (χ0v) is 13.6. The zero-order valence-electron chi connectivity index (χ0n) is 13.6. The maximum absolute atomic E-state index is 11.9. The topological polar surface area (TPSA) is 121 Å². The molecule has 0 aliphatic carbocycles. The first-order valence-electron chi connectivity index (χ1n) is 7.89. The summed E-state index contributed by atoms with van der Waals surface area (Å²) in [5.41, 5.74) is 14.0. The summed E-state index contributed by atoms with van der Waals surface area (Å²) in [6, 6.07) is 18.6. The summed E-state index contributed by atoms with van der Waals surface area (Å²) in [6.07, 6.45) is 0. The van der Waals surface area contributed by atoms with E-state index in [9.17, 15) is 4.79 Å². The fourth-order valence-electron chi connectivity index (χ4n) is 2.65. The van der Waals surface area contributed by atoms with Crippen LogP contribution < -0.4 is 11.5 Å². The molecule has 0 saturated carbocycles. The highest BCUT2D eigenvalue weighted by Crippen LogP contribution is 2.26. The van der Waals surface area contributed by atoms with Gasteiger partial charge < -0.3 is 11.5 Å². The third-order valence-corrected chi connectivity index (χ3v) is 3.87. The molecule has 126 valence electrons. The molecule has 0 bridgehead atoms. The Morgan fingerprint density at radius 1 is 0.769 bits per heavy atom. The van der Waals surface area contributed by atoms with E-state index in [4.69, 9.17) is 11.5 Å². The van der Waals surface area contributed by atoms with Crippen molar-refractivity contribution in [2.45, 2.75) is 0 Å². The van der Waals surface area contributed by atoms with Crippen LogP contribution in [-0.4, -0.2) is 25.8 Å². The first-order chi connectivity index (χ1) is 12.6. The summed E-state index contributed by atoms with van der Waals surface area (Å²) >= 11 is 0. The predicted octanol–water partition coefficient (Wildman–Crippen LogP) is 2.43. The second-order valence-electron chi connectivity index (χ2n) is 5.62. The first-order valence-corrected chi connectivity index (χ1v) is 7.89. The SMILES string of the molecule is NC(=O)c1nc2c(N)nc(-c3ccccc3)nc2nc1-c1ccccc1. The number of amides is 1. The van der Waals surface area contributed by atoms with Crippen molar-refractivity contribution >= 4 is 22.9 Å². The molecule has 7 nitrogen and oxygen atoms in total. The largest absolute Gasteiger partial charge is 0.382 e. The number of aromatic nitrogens is 4. The average Bonchev–Trinajstić information content (AvgIpc) is 2.68. The Morgan fingerprint density at radius 2 is 1.38 bits per heavy atom. The zero-order chi connectivity index (χ0) is 18.1. The lowest BCUT2D eigenvalue weighted by Crippen LogP contribution is -2.16. The van der Waals surface area contributed by atoms with Gasteiger partial charge in [-0.3, -0.25) is 4.79 Å². The van der Waals surface area contributed by atoms with Crippen molar-refractivity contribution in [1.82, 2.24) is 19.9 Å². The Hall–Kier alpha value is -3.87. The van der Waals surface area contributed by atoms with Crippen molar-refractivity contribution in [3.05, 3.63) is 66.4 Å². The van der Waals surface area contributed by atoms with Crippen molar-refractivity contribution in [3.8, 4) is 22.6 Å². The van der Waals surface area contributed by atoms with E-state index in [1.165, 1.54) is 0 Å². The van der Waals surface area contributed by atoms with Gasteiger partial charge in [0.1, 0.15) is 5.69 Å². The molecule has 4 N–H and O–H groups in total. The number of primary amides is 1. The second kappa shape index (κ2) is 6.21. The highest BCUT2D eigenvalue weighted by atomic mass is 16.1. The molecule has 26 heavy (non-hydrogen) atoms. The molecule has 4 aromatic rings. The fourth-order valence-corrected chi connectivity index (χ4v) is 2.65. The molecule has 2 aromatic carbocycles. The van der Waals surface area contributed by atoms with Gasteiger partial charge in [-0.1, -0.05) is 60.7 Å². The van der Waals surface area contributed by atoms with Crippen molar-refractivity contribution in [3.63, 3.8) is 0 Å². The van der Waals surface area contributed by atoms with Gasteiger partial charge in [-0.25, -0.2) is 19.9 Å². The number of rotatable bonds is 3. The maximum atomic E-state index is 11.9. The van der Waals surface area contributed by atoms with Crippen molar-refractivity contribution in [2.75, 3.05) is 5.73 Å². The lowest BCUT2D eigenvalue weighted by atomic mass is 10.1. The molecule has 4 rings (SSSR count). The number of carbonyl (C=O) groups is 1. The molecule has 1 amide bonds. The van der Waals surface area contributed by atoms with Crippen LogP contribution in [0, 0.1) is 0 Å². The molecule has 0 spiro atoms. The Balaban J connectivity index is 2.00. The molecular weight excluding hydrogens is 328 g/mol.